The minimum Gasteiger partial charge on any atom is -0.508 e. The van der Waals surface area contributed by atoms with Gasteiger partial charge in [0.25, 0.3) is 5.91 Å². The van der Waals surface area contributed by atoms with E-state index in [0.717, 1.165) is 69.4 Å². The highest BCUT2D eigenvalue weighted by Crippen LogP contribution is 2.31. The molecule has 190 valence electrons. The van der Waals surface area contributed by atoms with Crippen LogP contribution in [0.25, 0.3) is 10.9 Å². The predicted octanol–water partition coefficient (Wildman–Crippen LogP) is 3.67. The van der Waals surface area contributed by atoms with Crippen molar-refractivity contribution < 1.29 is 15.0 Å². The largest absolute Gasteiger partial charge is 0.508 e. The first-order chi connectivity index (χ1) is 17.5. The Bertz CT molecular complexity index is 1220. The minimum absolute atomic E-state index is 0.0316. The molecule has 0 radical (unpaired) electrons. The molecule has 3 aromatic rings. The van der Waals surface area contributed by atoms with Gasteiger partial charge in [0.2, 0.25) is 0 Å². The number of benzene rings is 2. The van der Waals surface area contributed by atoms with E-state index in [9.17, 15) is 15.0 Å². The summed E-state index contributed by atoms with van der Waals surface area (Å²) < 4.78 is 0. The van der Waals surface area contributed by atoms with Crippen molar-refractivity contribution in [3.63, 3.8) is 0 Å². The third kappa shape index (κ3) is 5.04. The number of phenols is 2. The molecular formula is C29H36N4O3. The van der Waals surface area contributed by atoms with Crippen molar-refractivity contribution in [3.8, 4) is 11.5 Å². The molecule has 1 fully saturated rings. The first kappa shape index (κ1) is 24.5. The van der Waals surface area contributed by atoms with Crippen LogP contribution >= 0.6 is 0 Å². The molecule has 2 aliphatic rings. The Balaban J connectivity index is 1.16. The van der Waals surface area contributed by atoms with Crippen LogP contribution in [0.15, 0.2) is 48.7 Å². The van der Waals surface area contributed by atoms with Crippen LogP contribution in [-0.4, -0.2) is 87.7 Å². The number of phenolic OH excluding ortho intramolecular Hbond substituents is 2. The van der Waals surface area contributed by atoms with Gasteiger partial charge in [-0.1, -0.05) is 31.2 Å². The van der Waals surface area contributed by atoms with Gasteiger partial charge in [0.15, 0.2) is 5.75 Å². The van der Waals surface area contributed by atoms with Gasteiger partial charge in [-0.15, -0.1) is 0 Å². The van der Waals surface area contributed by atoms with Crippen molar-refractivity contribution in [2.24, 2.45) is 0 Å². The summed E-state index contributed by atoms with van der Waals surface area (Å²) in [6.45, 7) is 8.20. The first-order valence-electron chi connectivity index (χ1n) is 13.2. The van der Waals surface area contributed by atoms with E-state index in [2.05, 4.69) is 27.8 Å². The number of piperazine rings is 1. The van der Waals surface area contributed by atoms with Crippen LogP contribution in [0.5, 0.6) is 11.5 Å². The predicted molar refractivity (Wildman–Crippen MR) is 142 cm³/mol. The number of hydrogen-bond acceptors (Lipinski definition) is 6. The second-order valence-corrected chi connectivity index (χ2v) is 10.0. The zero-order valence-electron chi connectivity index (χ0n) is 21.1. The molecule has 1 atom stereocenters. The van der Waals surface area contributed by atoms with Crippen LogP contribution in [0, 0.1) is 0 Å². The minimum atomic E-state index is -0.131. The van der Waals surface area contributed by atoms with Gasteiger partial charge in [0, 0.05) is 56.9 Å². The van der Waals surface area contributed by atoms with Crippen molar-refractivity contribution in [2.45, 2.75) is 38.6 Å². The third-order valence-corrected chi connectivity index (χ3v) is 7.80. The van der Waals surface area contributed by atoms with E-state index in [0.29, 0.717) is 36.0 Å². The van der Waals surface area contributed by atoms with Crippen molar-refractivity contribution in [1.82, 2.24) is 19.7 Å². The van der Waals surface area contributed by atoms with Crippen molar-refractivity contribution in [3.05, 3.63) is 65.4 Å². The van der Waals surface area contributed by atoms with Gasteiger partial charge < -0.3 is 15.1 Å². The van der Waals surface area contributed by atoms with Crippen molar-refractivity contribution >= 4 is 16.8 Å². The van der Waals surface area contributed by atoms with Gasteiger partial charge in [-0.05, 0) is 61.6 Å². The Kier molecular flexibility index (Phi) is 7.39. The summed E-state index contributed by atoms with van der Waals surface area (Å²) in [5.74, 6) is 0.270. The number of rotatable bonds is 7. The SMILES string of the molecule is CCCN(CCN1CCN(C(=O)c2ccc3cccnc3c2O)CC1)C1CCc2cccc(O)c2C1. The van der Waals surface area contributed by atoms with Crippen LogP contribution in [0.3, 0.4) is 0 Å². The maximum absolute atomic E-state index is 13.1. The molecular weight excluding hydrogens is 452 g/mol. The number of carbonyl (C=O) groups is 1. The van der Waals surface area contributed by atoms with E-state index in [1.54, 1.807) is 18.3 Å². The molecule has 2 heterocycles. The molecule has 1 aliphatic carbocycles. The van der Waals surface area contributed by atoms with Crippen LogP contribution in [0.4, 0.5) is 0 Å². The number of aromatic nitrogens is 1. The molecule has 1 unspecified atom stereocenters. The second-order valence-electron chi connectivity index (χ2n) is 10.0. The second kappa shape index (κ2) is 10.8. The summed E-state index contributed by atoms with van der Waals surface area (Å²) in [6, 6.07) is 13.6. The van der Waals surface area contributed by atoms with Gasteiger partial charge in [-0.3, -0.25) is 19.6 Å². The number of amides is 1. The number of hydrogen-bond donors (Lipinski definition) is 2. The van der Waals surface area contributed by atoms with E-state index in [-0.39, 0.29) is 11.7 Å². The lowest BCUT2D eigenvalue weighted by atomic mass is 9.86. The number of carbonyl (C=O) groups excluding carboxylic acids is 1. The van der Waals surface area contributed by atoms with Gasteiger partial charge in [-0.2, -0.15) is 0 Å². The molecule has 1 saturated heterocycles. The smallest absolute Gasteiger partial charge is 0.257 e. The van der Waals surface area contributed by atoms with Crippen molar-refractivity contribution in [2.75, 3.05) is 45.8 Å². The molecule has 36 heavy (non-hydrogen) atoms. The average molecular weight is 489 g/mol. The lowest BCUT2D eigenvalue weighted by Gasteiger charge is -2.39. The highest BCUT2D eigenvalue weighted by atomic mass is 16.3. The van der Waals surface area contributed by atoms with Crippen LogP contribution < -0.4 is 0 Å². The maximum atomic E-state index is 13.1. The Labute approximate surface area is 213 Å². The molecule has 5 rings (SSSR count). The molecule has 2 N–H and O–H groups in total. The van der Waals surface area contributed by atoms with Gasteiger partial charge >= 0.3 is 0 Å². The number of nitrogens with zero attached hydrogens (tertiary/aromatic N) is 4. The maximum Gasteiger partial charge on any atom is 0.257 e. The average Bonchev–Trinajstić information content (AvgIpc) is 2.91. The fourth-order valence-electron chi connectivity index (χ4n) is 5.74. The zero-order valence-corrected chi connectivity index (χ0v) is 21.1. The normalized spacial score (nSPS) is 18.5. The molecule has 0 bridgehead atoms. The molecule has 7 heteroatoms. The van der Waals surface area contributed by atoms with Crippen LogP contribution in [0.1, 0.15) is 41.3 Å². The summed E-state index contributed by atoms with van der Waals surface area (Å²) >= 11 is 0. The Hall–Kier alpha value is -3.16. The topological polar surface area (TPSA) is 80.1 Å². The quantitative estimate of drug-likeness (QED) is 0.528. The molecule has 1 amide bonds. The highest BCUT2D eigenvalue weighted by Gasteiger charge is 2.28. The summed E-state index contributed by atoms with van der Waals surface area (Å²) in [6.07, 6.45) is 5.80. The summed E-state index contributed by atoms with van der Waals surface area (Å²) in [5.41, 5.74) is 3.20. The van der Waals surface area contributed by atoms with Gasteiger partial charge in [0.1, 0.15) is 11.3 Å². The Morgan fingerprint density at radius 2 is 1.89 bits per heavy atom. The molecule has 1 aromatic heterocycles. The summed E-state index contributed by atoms with van der Waals surface area (Å²) in [5, 5.41) is 21.8. The Morgan fingerprint density at radius 3 is 2.69 bits per heavy atom. The fraction of sp³-hybridized carbons (Fsp3) is 0.448. The van der Waals surface area contributed by atoms with E-state index in [1.807, 2.05) is 29.2 Å². The van der Waals surface area contributed by atoms with E-state index in [4.69, 9.17) is 0 Å². The lowest BCUT2D eigenvalue weighted by Crippen LogP contribution is -2.51. The van der Waals surface area contributed by atoms with E-state index in [1.165, 1.54) is 5.56 Å². The van der Waals surface area contributed by atoms with E-state index >= 15 is 0 Å². The highest BCUT2D eigenvalue weighted by molar-refractivity contribution is 6.02. The molecule has 2 aromatic carbocycles. The molecule has 0 spiro atoms. The molecule has 7 nitrogen and oxygen atoms in total. The number of pyridine rings is 1. The summed E-state index contributed by atoms with van der Waals surface area (Å²) in [4.78, 5) is 24.3. The number of aromatic hydroxyl groups is 2. The third-order valence-electron chi connectivity index (χ3n) is 7.80. The van der Waals surface area contributed by atoms with Gasteiger partial charge in [-0.25, -0.2) is 0 Å². The Morgan fingerprint density at radius 1 is 1.06 bits per heavy atom. The number of fused-ring (bicyclic) bond motifs is 2. The van der Waals surface area contributed by atoms with E-state index < -0.39 is 0 Å². The number of aryl methyl sites for hydroxylation is 1. The summed E-state index contributed by atoms with van der Waals surface area (Å²) in [7, 11) is 0. The fourth-order valence-corrected chi connectivity index (χ4v) is 5.74. The van der Waals surface area contributed by atoms with Crippen molar-refractivity contribution in [1.29, 1.82) is 0 Å². The lowest BCUT2D eigenvalue weighted by molar-refractivity contribution is 0.0606. The van der Waals surface area contributed by atoms with Gasteiger partial charge in [0.05, 0.1) is 5.56 Å². The zero-order chi connectivity index (χ0) is 25.1. The standard InChI is InChI=1S/C29H36N4O3/c1-2-13-32(23-10-8-21-5-3-7-26(34)25(21)20-23)17-14-31-15-18-33(19-16-31)29(36)24-11-9-22-6-4-12-30-27(22)28(24)35/h3-7,9,11-12,23,34-35H,2,8,10,13-20H2,1H3. The first-order valence-corrected chi connectivity index (χ1v) is 13.2. The van der Waals surface area contributed by atoms with Crippen LogP contribution in [0.2, 0.25) is 0 Å². The molecule has 1 aliphatic heterocycles. The van der Waals surface area contributed by atoms with Crippen LogP contribution in [-0.2, 0) is 12.8 Å². The monoisotopic (exact) mass is 488 g/mol. The molecule has 0 saturated carbocycles.